The topological polar surface area (TPSA) is 113 Å². The number of urea groups is 1. The first-order valence-electron chi connectivity index (χ1n) is 7.94. The van der Waals surface area contributed by atoms with E-state index in [1.54, 1.807) is 37.3 Å². The molecule has 0 aromatic heterocycles. The normalized spacial score (nSPS) is 16.4. The number of nitro benzene ring substituents is 1. The fourth-order valence-electron chi connectivity index (χ4n) is 2.80. The lowest BCUT2D eigenvalue weighted by molar-refractivity contribution is -0.384. The van der Waals surface area contributed by atoms with E-state index in [4.69, 9.17) is 11.6 Å². The first-order valence-corrected chi connectivity index (χ1v) is 8.32. The molecule has 9 heteroatoms. The lowest BCUT2D eigenvalue weighted by Gasteiger charge is -2.28. The van der Waals surface area contributed by atoms with Crippen molar-refractivity contribution in [3.05, 3.63) is 80.5 Å². The number of nitrogens with one attached hydrogen (secondary N) is 3. The van der Waals surface area contributed by atoms with Crippen LogP contribution in [0.2, 0.25) is 5.02 Å². The minimum atomic E-state index is -0.685. The van der Waals surface area contributed by atoms with Crippen molar-refractivity contribution in [3.8, 4) is 0 Å². The first kappa shape index (κ1) is 18.4. The van der Waals surface area contributed by atoms with E-state index in [9.17, 15) is 19.7 Å². The highest BCUT2D eigenvalue weighted by Crippen LogP contribution is 2.29. The summed E-state index contributed by atoms with van der Waals surface area (Å²) in [5.41, 5.74) is 1.51. The standard InChI is InChI=1S/C18H15ClN4O4/c1-10-15(17(24)21-13-3-2-4-14(9-13)23(26)27)16(22-18(25)20-10)11-5-7-12(19)8-6-11/h2-9,16H,1H3,(H,21,24)(H2,20,22,25)/t16-/m0/s1. The van der Waals surface area contributed by atoms with Crippen molar-refractivity contribution < 1.29 is 14.5 Å². The number of carbonyl (C=O) groups excluding carboxylic acids is 2. The molecule has 138 valence electrons. The summed E-state index contributed by atoms with van der Waals surface area (Å²) >= 11 is 5.91. The third-order valence-electron chi connectivity index (χ3n) is 4.03. The summed E-state index contributed by atoms with van der Waals surface area (Å²) in [6.45, 7) is 1.62. The predicted molar refractivity (Wildman–Crippen MR) is 100 cm³/mol. The van der Waals surface area contributed by atoms with Crippen molar-refractivity contribution in [2.45, 2.75) is 13.0 Å². The number of amides is 3. The number of non-ortho nitro benzene ring substituents is 1. The van der Waals surface area contributed by atoms with Crippen LogP contribution in [0.1, 0.15) is 18.5 Å². The molecule has 2 aromatic carbocycles. The fraction of sp³-hybridized carbons (Fsp3) is 0.111. The molecule has 0 aliphatic carbocycles. The van der Waals surface area contributed by atoms with Crippen LogP contribution < -0.4 is 16.0 Å². The van der Waals surface area contributed by atoms with Crippen molar-refractivity contribution in [1.82, 2.24) is 10.6 Å². The molecular weight excluding hydrogens is 372 g/mol. The number of hydrogen-bond acceptors (Lipinski definition) is 4. The lowest BCUT2D eigenvalue weighted by Crippen LogP contribution is -2.45. The summed E-state index contributed by atoms with van der Waals surface area (Å²) in [6.07, 6.45) is 0. The third kappa shape index (κ3) is 4.06. The Labute approximate surface area is 159 Å². The summed E-state index contributed by atoms with van der Waals surface area (Å²) in [4.78, 5) is 35.1. The highest BCUT2D eigenvalue weighted by molar-refractivity contribution is 6.30. The van der Waals surface area contributed by atoms with Crippen LogP contribution >= 0.6 is 11.6 Å². The second-order valence-corrected chi connectivity index (χ2v) is 6.32. The van der Waals surface area contributed by atoms with Crippen molar-refractivity contribution >= 4 is 34.9 Å². The van der Waals surface area contributed by atoms with Gasteiger partial charge >= 0.3 is 6.03 Å². The van der Waals surface area contributed by atoms with Gasteiger partial charge in [0.2, 0.25) is 0 Å². The van der Waals surface area contributed by atoms with Gasteiger partial charge in [0.15, 0.2) is 0 Å². The molecule has 8 nitrogen and oxygen atoms in total. The number of benzene rings is 2. The van der Waals surface area contributed by atoms with Gasteiger partial charge in [-0.3, -0.25) is 14.9 Å². The molecule has 3 N–H and O–H groups in total. The van der Waals surface area contributed by atoms with Gasteiger partial charge < -0.3 is 16.0 Å². The minimum Gasteiger partial charge on any atom is -0.327 e. The highest BCUT2D eigenvalue weighted by Gasteiger charge is 2.31. The molecule has 1 aliphatic heterocycles. The van der Waals surface area contributed by atoms with E-state index in [-0.39, 0.29) is 11.4 Å². The molecule has 1 heterocycles. The maximum Gasteiger partial charge on any atom is 0.319 e. The van der Waals surface area contributed by atoms with Crippen LogP contribution in [-0.2, 0) is 4.79 Å². The fourth-order valence-corrected chi connectivity index (χ4v) is 2.92. The van der Waals surface area contributed by atoms with E-state index in [0.29, 0.717) is 21.9 Å². The van der Waals surface area contributed by atoms with Crippen LogP contribution in [0.4, 0.5) is 16.2 Å². The summed E-state index contributed by atoms with van der Waals surface area (Å²) < 4.78 is 0. The van der Waals surface area contributed by atoms with Crippen LogP contribution in [0.5, 0.6) is 0 Å². The molecule has 0 saturated heterocycles. The maximum absolute atomic E-state index is 12.9. The number of nitrogens with zero attached hydrogens (tertiary/aromatic N) is 1. The monoisotopic (exact) mass is 386 g/mol. The van der Waals surface area contributed by atoms with Gasteiger partial charge in [-0.15, -0.1) is 0 Å². The summed E-state index contributed by atoms with van der Waals surface area (Å²) in [5.74, 6) is -0.486. The molecule has 0 unspecified atom stereocenters. The van der Waals surface area contributed by atoms with Gasteiger partial charge in [0.1, 0.15) is 0 Å². The van der Waals surface area contributed by atoms with Crippen LogP contribution in [0.15, 0.2) is 59.8 Å². The molecular formula is C18H15ClN4O4. The molecule has 0 fully saturated rings. The zero-order valence-corrected chi connectivity index (χ0v) is 14.9. The van der Waals surface area contributed by atoms with Crippen molar-refractivity contribution in [2.75, 3.05) is 5.32 Å². The molecule has 0 spiro atoms. The van der Waals surface area contributed by atoms with E-state index in [2.05, 4.69) is 16.0 Å². The Morgan fingerprint density at radius 3 is 2.59 bits per heavy atom. The number of allylic oxidation sites excluding steroid dienone is 1. The number of rotatable bonds is 4. The Kier molecular flexibility index (Phi) is 5.09. The smallest absolute Gasteiger partial charge is 0.319 e. The van der Waals surface area contributed by atoms with E-state index in [0.717, 1.165) is 0 Å². The molecule has 27 heavy (non-hydrogen) atoms. The molecule has 2 aromatic rings. The van der Waals surface area contributed by atoms with Gasteiger partial charge in [-0.05, 0) is 30.7 Å². The van der Waals surface area contributed by atoms with Gasteiger partial charge in [0.25, 0.3) is 11.6 Å². The maximum atomic E-state index is 12.9. The molecule has 3 rings (SSSR count). The zero-order valence-electron chi connectivity index (χ0n) is 14.2. The molecule has 1 aliphatic rings. The van der Waals surface area contributed by atoms with Gasteiger partial charge in [0, 0.05) is 28.5 Å². The molecule has 0 saturated carbocycles. The van der Waals surface area contributed by atoms with E-state index in [1.165, 1.54) is 18.2 Å². The quantitative estimate of drug-likeness (QED) is 0.551. The second-order valence-electron chi connectivity index (χ2n) is 5.88. The van der Waals surface area contributed by atoms with Gasteiger partial charge in [-0.25, -0.2) is 4.79 Å². The zero-order chi connectivity index (χ0) is 19.6. The van der Waals surface area contributed by atoms with E-state index >= 15 is 0 Å². The van der Waals surface area contributed by atoms with Crippen LogP contribution in [0.3, 0.4) is 0 Å². The summed E-state index contributed by atoms with van der Waals surface area (Å²) in [7, 11) is 0. The number of carbonyl (C=O) groups is 2. The van der Waals surface area contributed by atoms with E-state index in [1.807, 2.05) is 0 Å². The Morgan fingerprint density at radius 2 is 1.93 bits per heavy atom. The Hall–Kier alpha value is -3.39. The summed E-state index contributed by atoms with van der Waals surface area (Å²) in [5, 5.41) is 19.4. The van der Waals surface area contributed by atoms with Crippen LogP contribution in [0.25, 0.3) is 0 Å². The highest BCUT2D eigenvalue weighted by atomic mass is 35.5. The van der Waals surface area contributed by atoms with Crippen molar-refractivity contribution in [2.24, 2.45) is 0 Å². The summed E-state index contributed by atoms with van der Waals surface area (Å²) in [6, 6.07) is 11.3. The van der Waals surface area contributed by atoms with Crippen molar-refractivity contribution in [1.29, 1.82) is 0 Å². The lowest BCUT2D eigenvalue weighted by atomic mass is 9.95. The van der Waals surface area contributed by atoms with E-state index < -0.39 is 22.9 Å². The Balaban J connectivity index is 1.93. The van der Waals surface area contributed by atoms with Crippen molar-refractivity contribution in [3.63, 3.8) is 0 Å². The largest absolute Gasteiger partial charge is 0.327 e. The molecule has 0 bridgehead atoms. The first-order chi connectivity index (χ1) is 12.8. The number of hydrogen-bond donors (Lipinski definition) is 3. The SMILES string of the molecule is CC1=C(C(=O)Nc2cccc([N+](=O)[O-])c2)[C@H](c2ccc(Cl)cc2)NC(=O)N1. The molecule has 1 atom stereocenters. The number of nitro groups is 1. The molecule has 0 radical (unpaired) electrons. The van der Waals surface area contributed by atoms with Gasteiger partial charge in [-0.1, -0.05) is 29.8 Å². The Morgan fingerprint density at radius 1 is 1.22 bits per heavy atom. The Bertz CT molecular complexity index is 956. The van der Waals surface area contributed by atoms with Crippen LogP contribution in [0, 0.1) is 10.1 Å². The predicted octanol–water partition coefficient (Wildman–Crippen LogP) is 3.51. The molecule has 3 amide bonds. The van der Waals surface area contributed by atoms with Gasteiger partial charge in [-0.2, -0.15) is 0 Å². The second kappa shape index (κ2) is 7.46. The average molecular weight is 387 g/mol. The number of anilines is 1. The van der Waals surface area contributed by atoms with Gasteiger partial charge in [0.05, 0.1) is 16.5 Å². The number of halogens is 1. The minimum absolute atomic E-state index is 0.136. The average Bonchev–Trinajstić information content (AvgIpc) is 2.61. The van der Waals surface area contributed by atoms with Crippen LogP contribution in [-0.4, -0.2) is 16.9 Å². The third-order valence-corrected chi connectivity index (χ3v) is 4.28.